The van der Waals surface area contributed by atoms with Crippen molar-refractivity contribution in [3.05, 3.63) is 70.8 Å². The molecule has 0 aliphatic rings. The number of nitrogens with one attached hydrogen (secondary N) is 1. The van der Waals surface area contributed by atoms with Crippen molar-refractivity contribution in [2.75, 3.05) is 6.54 Å². The van der Waals surface area contributed by atoms with Gasteiger partial charge in [0.15, 0.2) is 0 Å². The second kappa shape index (κ2) is 9.23. The van der Waals surface area contributed by atoms with Gasteiger partial charge in [0.1, 0.15) is 0 Å². The highest BCUT2D eigenvalue weighted by Gasteiger charge is 2.04. The van der Waals surface area contributed by atoms with Crippen molar-refractivity contribution in [3.8, 4) is 0 Å². The molecule has 0 saturated carbocycles. The van der Waals surface area contributed by atoms with E-state index in [1.54, 1.807) is 0 Å². The third-order valence-electron chi connectivity index (χ3n) is 3.58. The van der Waals surface area contributed by atoms with Crippen LogP contribution in [0.5, 0.6) is 0 Å². The maximum Gasteiger partial charge on any atom is 0.251 e. The van der Waals surface area contributed by atoms with Crippen molar-refractivity contribution >= 4 is 18.3 Å². The Balaban J connectivity index is 0.00000242. The number of halogens is 1. The lowest BCUT2D eigenvalue weighted by Crippen LogP contribution is -2.25. The van der Waals surface area contributed by atoms with Crippen LogP contribution < -0.4 is 11.1 Å². The molecule has 0 heterocycles. The summed E-state index contributed by atoms with van der Waals surface area (Å²) in [4.78, 5) is 12.0. The molecule has 0 spiro atoms. The molecule has 0 aliphatic heterocycles. The normalized spacial score (nSPS) is 9.91. The van der Waals surface area contributed by atoms with Crippen LogP contribution in [0.1, 0.15) is 34.0 Å². The third kappa shape index (κ3) is 5.17. The van der Waals surface area contributed by atoms with E-state index in [2.05, 4.69) is 36.5 Å². The Hall–Kier alpha value is -1.84. The van der Waals surface area contributed by atoms with E-state index >= 15 is 0 Å². The Morgan fingerprint density at radius 2 is 1.50 bits per heavy atom. The summed E-state index contributed by atoms with van der Waals surface area (Å²) in [5.74, 6) is -0.0382. The van der Waals surface area contributed by atoms with Crippen LogP contribution in [0.15, 0.2) is 48.5 Å². The molecule has 0 atom stereocenters. The van der Waals surface area contributed by atoms with Crippen LogP contribution >= 0.6 is 12.4 Å². The van der Waals surface area contributed by atoms with Crippen LogP contribution in [0.25, 0.3) is 0 Å². The summed E-state index contributed by atoms with van der Waals surface area (Å²) in [6, 6.07) is 15.9. The highest BCUT2D eigenvalue weighted by Crippen LogP contribution is 2.06. The van der Waals surface area contributed by atoms with Gasteiger partial charge >= 0.3 is 0 Å². The summed E-state index contributed by atoms with van der Waals surface area (Å²) in [5.41, 5.74) is 9.82. The summed E-state index contributed by atoms with van der Waals surface area (Å²) in [6.45, 7) is 3.28. The Morgan fingerprint density at radius 1 is 0.955 bits per heavy atom. The zero-order valence-corrected chi connectivity index (χ0v) is 13.7. The van der Waals surface area contributed by atoms with Gasteiger partial charge in [-0.3, -0.25) is 4.79 Å². The molecule has 3 nitrogen and oxygen atoms in total. The molecule has 0 fully saturated rings. The van der Waals surface area contributed by atoms with Gasteiger partial charge in [0.25, 0.3) is 5.91 Å². The van der Waals surface area contributed by atoms with Crippen molar-refractivity contribution in [2.45, 2.75) is 26.3 Å². The number of hydrogen-bond acceptors (Lipinski definition) is 2. The molecule has 0 unspecified atom stereocenters. The fourth-order valence-electron chi connectivity index (χ4n) is 2.16. The van der Waals surface area contributed by atoms with Gasteiger partial charge in [0.05, 0.1) is 0 Å². The molecule has 0 saturated heterocycles. The van der Waals surface area contributed by atoms with Gasteiger partial charge in [-0.25, -0.2) is 0 Å². The molecule has 2 aromatic carbocycles. The molecular formula is C18H23ClN2O. The smallest absolute Gasteiger partial charge is 0.251 e. The standard InChI is InChI=1S/C18H22N2O.ClH/c1-2-14-3-5-15(6-4-14)11-12-20-18(21)17-9-7-16(13-19)8-10-17;/h3-10H,2,11-13,19H2,1H3,(H,20,21);1H. The molecule has 4 heteroatoms. The summed E-state index contributed by atoms with van der Waals surface area (Å²) >= 11 is 0. The SMILES string of the molecule is CCc1ccc(CCNC(=O)c2ccc(CN)cc2)cc1.Cl. The van der Waals surface area contributed by atoms with E-state index in [9.17, 15) is 4.79 Å². The number of benzene rings is 2. The van der Waals surface area contributed by atoms with E-state index in [-0.39, 0.29) is 18.3 Å². The van der Waals surface area contributed by atoms with Gasteiger partial charge in [-0.15, -0.1) is 12.4 Å². The number of rotatable bonds is 6. The van der Waals surface area contributed by atoms with Crippen LogP contribution in [-0.2, 0) is 19.4 Å². The second-order valence-electron chi connectivity index (χ2n) is 5.08. The Morgan fingerprint density at radius 3 is 2.05 bits per heavy atom. The van der Waals surface area contributed by atoms with Gasteiger partial charge in [0, 0.05) is 18.7 Å². The van der Waals surface area contributed by atoms with Gasteiger partial charge in [-0.2, -0.15) is 0 Å². The lowest BCUT2D eigenvalue weighted by molar-refractivity contribution is 0.0954. The Labute approximate surface area is 138 Å². The largest absolute Gasteiger partial charge is 0.352 e. The molecule has 0 aromatic heterocycles. The van der Waals surface area contributed by atoms with Gasteiger partial charge in [0.2, 0.25) is 0 Å². The minimum absolute atomic E-state index is 0. The quantitative estimate of drug-likeness (QED) is 0.860. The maximum atomic E-state index is 12.0. The first-order valence-electron chi connectivity index (χ1n) is 7.38. The number of carbonyl (C=O) groups is 1. The van der Waals surface area contributed by atoms with Crippen molar-refractivity contribution in [1.82, 2.24) is 5.32 Å². The number of hydrogen-bond donors (Lipinski definition) is 2. The molecule has 0 bridgehead atoms. The first-order valence-corrected chi connectivity index (χ1v) is 7.38. The fraction of sp³-hybridized carbons (Fsp3) is 0.278. The zero-order valence-electron chi connectivity index (χ0n) is 12.8. The predicted molar refractivity (Wildman–Crippen MR) is 93.4 cm³/mol. The molecule has 0 aliphatic carbocycles. The molecular weight excluding hydrogens is 296 g/mol. The van der Waals surface area contributed by atoms with E-state index in [0.717, 1.165) is 18.4 Å². The third-order valence-corrected chi connectivity index (χ3v) is 3.58. The van der Waals surface area contributed by atoms with E-state index in [4.69, 9.17) is 5.73 Å². The van der Waals surface area contributed by atoms with Crippen molar-refractivity contribution in [3.63, 3.8) is 0 Å². The second-order valence-corrected chi connectivity index (χ2v) is 5.08. The molecule has 2 rings (SSSR count). The minimum Gasteiger partial charge on any atom is -0.352 e. The van der Waals surface area contributed by atoms with Crippen LogP contribution in [0.2, 0.25) is 0 Å². The lowest BCUT2D eigenvalue weighted by atomic mass is 10.1. The number of nitrogens with two attached hydrogens (primary N) is 1. The fourth-order valence-corrected chi connectivity index (χ4v) is 2.16. The maximum absolute atomic E-state index is 12.0. The van der Waals surface area contributed by atoms with Crippen LogP contribution in [0, 0.1) is 0 Å². The molecule has 1 amide bonds. The Kier molecular flexibility index (Phi) is 7.64. The summed E-state index contributed by atoms with van der Waals surface area (Å²) in [6.07, 6.45) is 1.90. The topological polar surface area (TPSA) is 55.1 Å². The first-order chi connectivity index (χ1) is 10.2. The van der Waals surface area contributed by atoms with Crippen LogP contribution in [-0.4, -0.2) is 12.5 Å². The highest BCUT2D eigenvalue weighted by molar-refractivity contribution is 5.94. The van der Waals surface area contributed by atoms with Gasteiger partial charge < -0.3 is 11.1 Å². The van der Waals surface area contributed by atoms with Crippen LogP contribution in [0.4, 0.5) is 0 Å². The van der Waals surface area contributed by atoms with E-state index in [1.165, 1.54) is 11.1 Å². The number of carbonyl (C=O) groups excluding carboxylic acids is 1. The monoisotopic (exact) mass is 318 g/mol. The summed E-state index contributed by atoms with van der Waals surface area (Å²) in [5, 5.41) is 2.94. The minimum atomic E-state index is -0.0382. The van der Waals surface area contributed by atoms with E-state index in [1.807, 2.05) is 24.3 Å². The van der Waals surface area contributed by atoms with Crippen LogP contribution in [0.3, 0.4) is 0 Å². The molecule has 118 valence electrons. The van der Waals surface area contributed by atoms with E-state index in [0.29, 0.717) is 18.7 Å². The first kappa shape index (κ1) is 18.2. The van der Waals surface area contributed by atoms with Crippen molar-refractivity contribution < 1.29 is 4.79 Å². The summed E-state index contributed by atoms with van der Waals surface area (Å²) in [7, 11) is 0. The number of amides is 1. The van der Waals surface area contributed by atoms with Crippen molar-refractivity contribution in [2.24, 2.45) is 5.73 Å². The predicted octanol–water partition coefficient (Wildman–Crippen LogP) is 3.10. The van der Waals surface area contributed by atoms with Gasteiger partial charge in [-0.1, -0.05) is 43.3 Å². The number of aryl methyl sites for hydroxylation is 1. The molecule has 0 radical (unpaired) electrons. The molecule has 2 aromatic rings. The average Bonchev–Trinajstić information content (AvgIpc) is 2.55. The Bertz CT molecular complexity index is 579. The highest BCUT2D eigenvalue weighted by atomic mass is 35.5. The zero-order chi connectivity index (χ0) is 15.1. The molecule has 22 heavy (non-hydrogen) atoms. The lowest BCUT2D eigenvalue weighted by Gasteiger charge is -2.07. The van der Waals surface area contributed by atoms with E-state index < -0.39 is 0 Å². The average molecular weight is 319 g/mol. The molecule has 3 N–H and O–H groups in total. The summed E-state index contributed by atoms with van der Waals surface area (Å²) < 4.78 is 0. The van der Waals surface area contributed by atoms with Crippen molar-refractivity contribution in [1.29, 1.82) is 0 Å². The van der Waals surface area contributed by atoms with Gasteiger partial charge in [-0.05, 0) is 41.7 Å².